The number of anilines is 1. The van der Waals surface area contributed by atoms with Gasteiger partial charge in [0.15, 0.2) is 0 Å². The lowest BCUT2D eigenvalue weighted by Gasteiger charge is -2.10. The van der Waals surface area contributed by atoms with Crippen LogP contribution in [0.15, 0.2) is 96.8 Å². The topological polar surface area (TPSA) is 54.3 Å². The Morgan fingerprint density at radius 2 is 1.47 bits per heavy atom. The van der Waals surface area contributed by atoms with Gasteiger partial charge in [0.1, 0.15) is 5.70 Å². The van der Waals surface area contributed by atoms with Gasteiger partial charge in [0.05, 0.1) is 5.69 Å². The van der Waals surface area contributed by atoms with Crippen LogP contribution in [-0.4, -0.2) is 16.5 Å². The fourth-order valence-electron chi connectivity index (χ4n) is 3.80. The Balaban J connectivity index is 1.53. The number of carbonyl (C=O) groups is 2. The first-order chi connectivity index (χ1) is 14.7. The molecule has 4 aromatic rings. The molecule has 5 rings (SSSR count). The monoisotopic (exact) mass is 393 g/mol. The molecule has 0 radical (unpaired) electrons. The van der Waals surface area contributed by atoms with Crippen LogP contribution in [0.5, 0.6) is 0 Å². The summed E-state index contributed by atoms with van der Waals surface area (Å²) >= 11 is 0. The van der Waals surface area contributed by atoms with Gasteiger partial charge in [-0.15, -0.1) is 0 Å². The summed E-state index contributed by atoms with van der Waals surface area (Å²) in [5.74, 6) is -0.355. The maximum absolute atomic E-state index is 12.9. The Morgan fingerprint density at radius 1 is 0.800 bits per heavy atom. The zero-order valence-electron chi connectivity index (χ0n) is 16.2. The van der Waals surface area contributed by atoms with Crippen LogP contribution in [0.4, 0.5) is 10.5 Å². The molecule has 0 atom stereocenters. The number of hydrogen-bond donors (Lipinski definition) is 1. The molecule has 5 heteroatoms. The summed E-state index contributed by atoms with van der Waals surface area (Å²) in [5, 5.41) is 3.74. The molecular formula is C25H19N3O2. The van der Waals surface area contributed by atoms with Gasteiger partial charge < -0.3 is 9.88 Å². The van der Waals surface area contributed by atoms with Crippen molar-refractivity contribution in [1.29, 1.82) is 0 Å². The second-order valence-corrected chi connectivity index (χ2v) is 7.18. The van der Waals surface area contributed by atoms with Gasteiger partial charge in [-0.25, -0.2) is 9.69 Å². The van der Waals surface area contributed by atoms with E-state index in [1.54, 1.807) is 30.3 Å². The zero-order valence-corrected chi connectivity index (χ0v) is 16.2. The van der Waals surface area contributed by atoms with Crippen molar-refractivity contribution in [1.82, 2.24) is 9.88 Å². The number of imide groups is 1. The standard InChI is InChI=1S/C25H19N3O2/c29-24-22(26-25(30)28(24)20-11-5-2-6-12-20)15-19-17-27(16-18-9-3-1-4-10-18)23-14-8-7-13-21(19)23/h1-15,17H,16H2,(H,26,30)/b22-15+. The molecule has 1 saturated heterocycles. The Morgan fingerprint density at radius 3 is 2.23 bits per heavy atom. The zero-order chi connectivity index (χ0) is 20.5. The molecule has 1 aliphatic heterocycles. The predicted octanol–water partition coefficient (Wildman–Crippen LogP) is 4.79. The van der Waals surface area contributed by atoms with Crippen LogP contribution in [0.25, 0.3) is 17.0 Å². The molecule has 0 saturated carbocycles. The molecule has 1 aliphatic rings. The molecule has 0 unspecified atom stereocenters. The van der Waals surface area contributed by atoms with Crippen LogP contribution >= 0.6 is 0 Å². The van der Waals surface area contributed by atoms with Crippen molar-refractivity contribution < 1.29 is 9.59 Å². The number of urea groups is 1. The minimum Gasteiger partial charge on any atom is -0.342 e. The third kappa shape index (κ3) is 3.16. The largest absolute Gasteiger partial charge is 0.342 e. The van der Waals surface area contributed by atoms with Crippen molar-refractivity contribution in [3.05, 3.63) is 108 Å². The molecule has 146 valence electrons. The van der Waals surface area contributed by atoms with Crippen LogP contribution in [0.1, 0.15) is 11.1 Å². The van der Waals surface area contributed by atoms with E-state index in [2.05, 4.69) is 28.1 Å². The van der Waals surface area contributed by atoms with Gasteiger partial charge in [0.25, 0.3) is 5.91 Å². The van der Waals surface area contributed by atoms with Crippen LogP contribution in [0.3, 0.4) is 0 Å². The van der Waals surface area contributed by atoms with Crippen molar-refractivity contribution in [2.45, 2.75) is 6.54 Å². The van der Waals surface area contributed by atoms with E-state index in [0.717, 1.165) is 27.9 Å². The summed E-state index contributed by atoms with van der Waals surface area (Å²) in [6.45, 7) is 0.723. The number of para-hydroxylation sites is 2. The molecule has 3 amide bonds. The van der Waals surface area contributed by atoms with Crippen molar-refractivity contribution in [3.63, 3.8) is 0 Å². The smallest absolute Gasteiger partial charge is 0.333 e. The number of nitrogens with one attached hydrogen (secondary N) is 1. The van der Waals surface area contributed by atoms with Gasteiger partial charge in [-0.2, -0.15) is 0 Å². The minimum absolute atomic E-state index is 0.270. The highest BCUT2D eigenvalue weighted by atomic mass is 16.2. The number of carbonyl (C=O) groups excluding carboxylic acids is 2. The third-order valence-corrected chi connectivity index (χ3v) is 5.21. The van der Waals surface area contributed by atoms with E-state index in [4.69, 9.17) is 0 Å². The number of hydrogen-bond acceptors (Lipinski definition) is 2. The number of benzene rings is 3. The molecule has 0 bridgehead atoms. The molecule has 1 fully saturated rings. The lowest BCUT2D eigenvalue weighted by atomic mass is 10.1. The summed E-state index contributed by atoms with van der Waals surface area (Å²) in [4.78, 5) is 26.5. The number of aromatic nitrogens is 1. The highest BCUT2D eigenvalue weighted by molar-refractivity contribution is 6.28. The Kier molecular flexibility index (Phi) is 4.41. The number of nitrogens with zero attached hydrogens (tertiary/aromatic N) is 2. The second-order valence-electron chi connectivity index (χ2n) is 7.18. The lowest BCUT2D eigenvalue weighted by Crippen LogP contribution is -2.30. The molecule has 30 heavy (non-hydrogen) atoms. The quantitative estimate of drug-likeness (QED) is 0.400. The normalized spacial score (nSPS) is 15.2. The molecule has 0 spiro atoms. The van der Waals surface area contributed by atoms with Crippen LogP contribution in [0, 0.1) is 0 Å². The Labute approximate surface area is 173 Å². The SMILES string of the molecule is O=C1N/C(=C/c2cn(Cc3ccccc3)c3ccccc23)C(=O)N1c1ccccc1. The molecule has 2 heterocycles. The van der Waals surface area contributed by atoms with Gasteiger partial charge in [0.2, 0.25) is 0 Å². The number of rotatable bonds is 4. The maximum Gasteiger partial charge on any atom is 0.333 e. The van der Waals surface area contributed by atoms with Crippen molar-refractivity contribution in [2.24, 2.45) is 0 Å². The molecule has 0 aliphatic carbocycles. The first kappa shape index (κ1) is 17.9. The first-order valence-corrected chi connectivity index (χ1v) is 9.75. The summed E-state index contributed by atoms with van der Waals surface area (Å²) in [7, 11) is 0. The van der Waals surface area contributed by atoms with E-state index in [9.17, 15) is 9.59 Å². The highest BCUT2D eigenvalue weighted by Crippen LogP contribution is 2.27. The lowest BCUT2D eigenvalue weighted by molar-refractivity contribution is -0.113. The third-order valence-electron chi connectivity index (χ3n) is 5.21. The molecule has 1 N–H and O–H groups in total. The van der Waals surface area contributed by atoms with Crippen molar-refractivity contribution in [3.8, 4) is 0 Å². The van der Waals surface area contributed by atoms with E-state index in [1.807, 2.05) is 48.7 Å². The Bertz CT molecular complexity index is 1270. The second kappa shape index (κ2) is 7.37. The van der Waals surface area contributed by atoms with E-state index in [-0.39, 0.29) is 11.6 Å². The van der Waals surface area contributed by atoms with E-state index >= 15 is 0 Å². The van der Waals surface area contributed by atoms with Gasteiger partial charge in [0, 0.05) is 29.2 Å². The summed E-state index contributed by atoms with van der Waals surface area (Å²) in [6, 6.07) is 26.8. The van der Waals surface area contributed by atoms with Crippen molar-refractivity contribution >= 4 is 34.6 Å². The van der Waals surface area contributed by atoms with E-state index in [1.165, 1.54) is 5.56 Å². The number of amides is 3. The predicted molar refractivity (Wildman–Crippen MR) is 118 cm³/mol. The molecular weight excluding hydrogens is 374 g/mol. The van der Waals surface area contributed by atoms with Crippen molar-refractivity contribution in [2.75, 3.05) is 4.90 Å². The minimum atomic E-state index is -0.439. The average Bonchev–Trinajstić information content (AvgIpc) is 3.26. The molecule has 3 aromatic carbocycles. The fraction of sp³-hybridized carbons (Fsp3) is 0.0400. The van der Waals surface area contributed by atoms with E-state index in [0.29, 0.717) is 5.69 Å². The maximum atomic E-state index is 12.9. The van der Waals surface area contributed by atoms with Gasteiger partial charge >= 0.3 is 6.03 Å². The number of fused-ring (bicyclic) bond motifs is 1. The summed E-state index contributed by atoms with van der Waals surface area (Å²) in [6.07, 6.45) is 3.78. The fourth-order valence-corrected chi connectivity index (χ4v) is 3.80. The summed E-state index contributed by atoms with van der Waals surface area (Å²) < 4.78 is 2.16. The van der Waals surface area contributed by atoms with Gasteiger partial charge in [-0.1, -0.05) is 66.7 Å². The van der Waals surface area contributed by atoms with Gasteiger partial charge in [-0.05, 0) is 29.8 Å². The Hall–Kier alpha value is -4.12. The molecule has 5 nitrogen and oxygen atoms in total. The van der Waals surface area contributed by atoms with Crippen LogP contribution in [-0.2, 0) is 11.3 Å². The average molecular weight is 393 g/mol. The highest BCUT2D eigenvalue weighted by Gasteiger charge is 2.34. The first-order valence-electron chi connectivity index (χ1n) is 9.75. The van der Waals surface area contributed by atoms with Gasteiger partial charge in [-0.3, -0.25) is 4.79 Å². The summed E-state index contributed by atoms with van der Waals surface area (Å²) in [5.41, 5.74) is 3.98. The molecule has 1 aromatic heterocycles. The van der Waals surface area contributed by atoms with E-state index < -0.39 is 6.03 Å². The van der Waals surface area contributed by atoms with Crippen LogP contribution < -0.4 is 10.2 Å². The van der Waals surface area contributed by atoms with Crippen LogP contribution in [0.2, 0.25) is 0 Å².